The maximum absolute atomic E-state index is 7.00. The molecule has 2 nitrogen and oxygen atoms in total. The van der Waals surface area contributed by atoms with Crippen molar-refractivity contribution in [2.45, 2.75) is 40.2 Å². The third-order valence-corrected chi connectivity index (χ3v) is 1.62. The Hall–Kier alpha value is -0.0800. The van der Waals surface area contributed by atoms with Crippen LogP contribution in [0, 0.1) is 0 Å². The average molecular weight is 161 g/mol. The molecule has 0 spiro atoms. The van der Waals surface area contributed by atoms with Crippen LogP contribution in [0.5, 0.6) is 0 Å². The van der Waals surface area contributed by atoms with E-state index in [1.807, 2.05) is 13.8 Å². The minimum Gasteiger partial charge on any atom is -0.400 e. The predicted molar refractivity (Wildman–Crippen MR) is 50.8 cm³/mol. The third-order valence-electron chi connectivity index (χ3n) is 1.62. The number of hydrogen-bond donors (Lipinski definition) is 1. The van der Waals surface area contributed by atoms with Crippen molar-refractivity contribution < 1.29 is 5.11 Å². The summed E-state index contributed by atoms with van der Waals surface area (Å²) in [5, 5.41) is 7.00. The topological polar surface area (TPSA) is 23.5 Å². The molecule has 0 amide bonds. The summed E-state index contributed by atoms with van der Waals surface area (Å²) in [5.74, 6) is 0. The van der Waals surface area contributed by atoms with Crippen LogP contribution in [0.2, 0.25) is 0 Å². The zero-order valence-corrected chi connectivity index (χ0v) is 8.59. The highest BCUT2D eigenvalue weighted by atomic mass is 16.2. The van der Waals surface area contributed by atoms with E-state index < -0.39 is 0 Å². The molecule has 0 aromatic carbocycles. The lowest BCUT2D eigenvalue weighted by atomic mass is 10.2. The Morgan fingerprint density at radius 1 is 1.09 bits per heavy atom. The van der Waals surface area contributed by atoms with Crippen LogP contribution in [0.3, 0.4) is 0 Å². The Balaban J connectivity index is 0. The van der Waals surface area contributed by atoms with E-state index >= 15 is 0 Å². The molecule has 1 aliphatic rings. The highest BCUT2D eigenvalue weighted by Crippen LogP contribution is 2.08. The van der Waals surface area contributed by atoms with Crippen LogP contribution in [-0.4, -0.2) is 36.2 Å². The van der Waals surface area contributed by atoms with Gasteiger partial charge in [0.15, 0.2) is 0 Å². The number of hydrogen-bond acceptors (Lipinski definition) is 2. The average Bonchev–Trinajstić information content (AvgIpc) is 1.92. The van der Waals surface area contributed by atoms with Crippen LogP contribution in [0.25, 0.3) is 0 Å². The number of aliphatic hydroxyl groups excluding tert-OH is 1. The van der Waals surface area contributed by atoms with Crippen LogP contribution in [-0.2, 0) is 0 Å². The van der Waals surface area contributed by atoms with Gasteiger partial charge in [0.25, 0.3) is 0 Å². The van der Waals surface area contributed by atoms with Gasteiger partial charge in [-0.3, -0.25) is 0 Å². The minimum atomic E-state index is 0.786. The Labute approximate surface area is 71.2 Å². The smallest absolute Gasteiger partial charge is 0.0319 e. The molecule has 1 rings (SSSR count). The molecule has 0 unspecified atom stereocenters. The quantitative estimate of drug-likeness (QED) is 0.633. The van der Waals surface area contributed by atoms with Crippen molar-refractivity contribution in [1.29, 1.82) is 0 Å². The highest BCUT2D eigenvalue weighted by molar-refractivity contribution is 4.71. The molecule has 1 heterocycles. The second-order valence-electron chi connectivity index (χ2n) is 2.48. The maximum Gasteiger partial charge on any atom is 0.0319 e. The van der Waals surface area contributed by atoms with Gasteiger partial charge in [0.2, 0.25) is 0 Å². The van der Waals surface area contributed by atoms with E-state index in [1.54, 1.807) is 0 Å². The molecule has 0 radical (unpaired) electrons. The standard InChI is InChI=1S/C6H13N.C2H6.CH4O/c1-6(2)7-4-3-5-7;2*1-2/h6H,3-5H2,1-2H3;1-2H3;2H,1H3. The molecule has 0 aromatic rings. The normalized spacial score (nSPS) is 15.5. The van der Waals surface area contributed by atoms with Gasteiger partial charge in [0.1, 0.15) is 0 Å². The van der Waals surface area contributed by atoms with E-state index in [9.17, 15) is 0 Å². The Kier molecular flexibility index (Phi) is 12.2. The summed E-state index contributed by atoms with van der Waals surface area (Å²) in [6.07, 6.45) is 1.41. The second-order valence-corrected chi connectivity index (χ2v) is 2.48. The Morgan fingerprint density at radius 2 is 1.45 bits per heavy atom. The number of rotatable bonds is 1. The third kappa shape index (κ3) is 6.32. The molecule has 1 saturated heterocycles. The molecule has 1 N–H and O–H groups in total. The molecule has 2 heteroatoms. The van der Waals surface area contributed by atoms with Crippen LogP contribution in [0.15, 0.2) is 0 Å². The SMILES string of the molecule is CC.CC(C)N1CCC1.CO. The molecular weight excluding hydrogens is 138 g/mol. The summed E-state index contributed by atoms with van der Waals surface area (Å²) in [7, 11) is 1.00. The van der Waals surface area contributed by atoms with Crippen molar-refractivity contribution in [3.63, 3.8) is 0 Å². The van der Waals surface area contributed by atoms with Crippen LogP contribution >= 0.6 is 0 Å². The van der Waals surface area contributed by atoms with E-state index in [4.69, 9.17) is 5.11 Å². The van der Waals surface area contributed by atoms with Crippen molar-refractivity contribution in [3.8, 4) is 0 Å². The lowest BCUT2D eigenvalue weighted by molar-refractivity contribution is 0.138. The van der Waals surface area contributed by atoms with Crippen molar-refractivity contribution in [2.75, 3.05) is 20.2 Å². The number of aliphatic hydroxyl groups is 1. The monoisotopic (exact) mass is 161 g/mol. The fourth-order valence-corrected chi connectivity index (χ4v) is 0.857. The van der Waals surface area contributed by atoms with Gasteiger partial charge in [0.05, 0.1) is 0 Å². The van der Waals surface area contributed by atoms with Crippen molar-refractivity contribution in [2.24, 2.45) is 0 Å². The van der Waals surface area contributed by atoms with Gasteiger partial charge in [-0.05, 0) is 33.4 Å². The first-order chi connectivity index (χ1) is 5.30. The zero-order chi connectivity index (χ0) is 9.28. The summed E-state index contributed by atoms with van der Waals surface area (Å²) in [5.41, 5.74) is 0. The van der Waals surface area contributed by atoms with Gasteiger partial charge in [0, 0.05) is 13.2 Å². The van der Waals surface area contributed by atoms with Crippen LogP contribution in [0.4, 0.5) is 0 Å². The second kappa shape index (κ2) is 9.92. The molecule has 0 saturated carbocycles. The summed E-state index contributed by atoms with van der Waals surface area (Å²) >= 11 is 0. The first-order valence-electron chi connectivity index (χ1n) is 4.49. The summed E-state index contributed by atoms with van der Waals surface area (Å²) < 4.78 is 0. The van der Waals surface area contributed by atoms with Gasteiger partial charge >= 0.3 is 0 Å². The van der Waals surface area contributed by atoms with E-state index in [1.165, 1.54) is 19.5 Å². The predicted octanol–water partition coefficient (Wildman–Crippen LogP) is 1.74. The lowest BCUT2D eigenvalue weighted by Crippen LogP contribution is -2.41. The van der Waals surface area contributed by atoms with Crippen molar-refractivity contribution >= 4 is 0 Å². The van der Waals surface area contributed by atoms with E-state index in [-0.39, 0.29) is 0 Å². The summed E-state index contributed by atoms with van der Waals surface area (Å²) in [6, 6.07) is 0.786. The van der Waals surface area contributed by atoms with E-state index in [0.29, 0.717) is 0 Å². The first-order valence-corrected chi connectivity index (χ1v) is 4.49. The molecule has 11 heavy (non-hydrogen) atoms. The van der Waals surface area contributed by atoms with Crippen molar-refractivity contribution in [3.05, 3.63) is 0 Å². The molecule has 0 aromatic heterocycles. The lowest BCUT2D eigenvalue weighted by Gasteiger charge is -2.34. The van der Waals surface area contributed by atoms with E-state index in [2.05, 4.69) is 18.7 Å². The largest absolute Gasteiger partial charge is 0.400 e. The molecule has 0 bridgehead atoms. The Morgan fingerprint density at radius 3 is 1.45 bits per heavy atom. The molecule has 0 atom stereocenters. The maximum atomic E-state index is 7.00. The van der Waals surface area contributed by atoms with Gasteiger partial charge < -0.3 is 10.0 Å². The van der Waals surface area contributed by atoms with Crippen LogP contribution in [0.1, 0.15) is 34.1 Å². The number of nitrogens with zero attached hydrogens (tertiary/aromatic N) is 1. The number of likely N-dealkylation sites (tertiary alicyclic amines) is 1. The van der Waals surface area contributed by atoms with Gasteiger partial charge in [-0.1, -0.05) is 13.8 Å². The van der Waals surface area contributed by atoms with E-state index in [0.717, 1.165) is 13.2 Å². The van der Waals surface area contributed by atoms with Gasteiger partial charge in [-0.25, -0.2) is 0 Å². The molecule has 1 fully saturated rings. The van der Waals surface area contributed by atoms with Crippen molar-refractivity contribution in [1.82, 2.24) is 4.90 Å². The summed E-state index contributed by atoms with van der Waals surface area (Å²) in [6.45, 7) is 11.2. The summed E-state index contributed by atoms with van der Waals surface area (Å²) in [4.78, 5) is 2.47. The molecule has 0 aliphatic carbocycles. The fraction of sp³-hybridized carbons (Fsp3) is 1.00. The Bertz CT molecular complexity index is 60.6. The fourth-order valence-electron chi connectivity index (χ4n) is 0.857. The minimum absolute atomic E-state index is 0.786. The van der Waals surface area contributed by atoms with Gasteiger partial charge in [-0.2, -0.15) is 0 Å². The molecule has 70 valence electrons. The molecular formula is C9H23NO. The van der Waals surface area contributed by atoms with Gasteiger partial charge in [-0.15, -0.1) is 0 Å². The van der Waals surface area contributed by atoms with Crippen LogP contribution < -0.4 is 0 Å². The highest BCUT2D eigenvalue weighted by Gasteiger charge is 2.15. The molecule has 1 aliphatic heterocycles. The first kappa shape index (κ1) is 13.5. The zero-order valence-electron chi connectivity index (χ0n) is 8.59.